The van der Waals surface area contributed by atoms with E-state index in [-0.39, 0.29) is 11.8 Å². The molecular formula is C12H13N3O2. The van der Waals surface area contributed by atoms with Gasteiger partial charge in [-0.25, -0.2) is 0 Å². The smallest absolute Gasteiger partial charge is 0.220 e. The van der Waals surface area contributed by atoms with Gasteiger partial charge in [0.25, 0.3) is 0 Å². The van der Waals surface area contributed by atoms with E-state index < -0.39 is 0 Å². The van der Waals surface area contributed by atoms with Gasteiger partial charge in [0.2, 0.25) is 5.91 Å². The molecule has 5 nitrogen and oxygen atoms in total. The zero-order valence-corrected chi connectivity index (χ0v) is 9.35. The van der Waals surface area contributed by atoms with Gasteiger partial charge in [-0.05, 0) is 12.5 Å². The van der Waals surface area contributed by atoms with Gasteiger partial charge < -0.3 is 10.1 Å². The van der Waals surface area contributed by atoms with E-state index in [1.807, 2.05) is 6.07 Å². The number of aromatic nitrogens is 1. The minimum atomic E-state index is 0.0695. The minimum Gasteiger partial charge on any atom is -0.492 e. The Hall–Kier alpha value is -2.09. The summed E-state index contributed by atoms with van der Waals surface area (Å²) in [5.41, 5.74) is 0.424. The number of pyridine rings is 1. The molecule has 1 unspecified atom stereocenters. The van der Waals surface area contributed by atoms with Gasteiger partial charge in [-0.2, -0.15) is 5.26 Å². The van der Waals surface area contributed by atoms with Crippen LogP contribution in [0.2, 0.25) is 0 Å². The molecule has 0 saturated carbocycles. The fourth-order valence-electron chi connectivity index (χ4n) is 1.79. The van der Waals surface area contributed by atoms with E-state index in [4.69, 9.17) is 10.00 Å². The average Bonchev–Trinajstić information content (AvgIpc) is 2.37. The molecule has 1 atom stereocenters. The predicted molar refractivity (Wildman–Crippen MR) is 60.2 cm³/mol. The second-order valence-corrected chi connectivity index (χ2v) is 4.00. The van der Waals surface area contributed by atoms with Crippen LogP contribution in [0.15, 0.2) is 18.5 Å². The zero-order valence-electron chi connectivity index (χ0n) is 9.35. The maximum absolute atomic E-state index is 11.2. The molecule has 1 aliphatic heterocycles. The van der Waals surface area contributed by atoms with Crippen LogP contribution in [0.25, 0.3) is 0 Å². The summed E-state index contributed by atoms with van der Waals surface area (Å²) in [5, 5.41) is 11.6. The maximum Gasteiger partial charge on any atom is 0.220 e. The molecule has 0 radical (unpaired) electrons. The van der Waals surface area contributed by atoms with Crippen LogP contribution in [0.5, 0.6) is 5.75 Å². The van der Waals surface area contributed by atoms with E-state index in [9.17, 15) is 4.79 Å². The van der Waals surface area contributed by atoms with Crippen molar-refractivity contribution in [2.75, 3.05) is 13.2 Å². The highest BCUT2D eigenvalue weighted by molar-refractivity contribution is 5.76. The quantitative estimate of drug-likeness (QED) is 0.837. The monoisotopic (exact) mass is 231 g/mol. The van der Waals surface area contributed by atoms with E-state index in [0.29, 0.717) is 30.9 Å². The molecule has 1 aromatic rings. The first-order valence-corrected chi connectivity index (χ1v) is 5.53. The average molecular weight is 231 g/mol. The van der Waals surface area contributed by atoms with Crippen LogP contribution >= 0.6 is 0 Å². The number of hydrogen-bond donors (Lipinski definition) is 1. The van der Waals surface area contributed by atoms with Crippen LogP contribution in [0, 0.1) is 17.2 Å². The highest BCUT2D eigenvalue weighted by Crippen LogP contribution is 2.19. The summed E-state index contributed by atoms with van der Waals surface area (Å²) in [6.07, 6.45) is 4.47. The number of nitriles is 1. The molecule has 0 bridgehead atoms. The molecule has 17 heavy (non-hydrogen) atoms. The van der Waals surface area contributed by atoms with Crippen molar-refractivity contribution < 1.29 is 9.53 Å². The Morgan fingerprint density at radius 2 is 2.53 bits per heavy atom. The molecule has 0 spiro atoms. The summed E-state index contributed by atoms with van der Waals surface area (Å²) in [6.45, 7) is 1.17. The van der Waals surface area contributed by atoms with Gasteiger partial charge >= 0.3 is 0 Å². The Bertz CT molecular complexity index is 453. The molecule has 1 saturated heterocycles. The molecule has 2 rings (SSSR count). The van der Waals surface area contributed by atoms with E-state index in [1.165, 1.54) is 6.20 Å². The van der Waals surface area contributed by atoms with Crippen molar-refractivity contribution in [3.05, 3.63) is 24.0 Å². The van der Waals surface area contributed by atoms with E-state index in [0.717, 1.165) is 6.42 Å². The molecular weight excluding hydrogens is 218 g/mol. The first-order valence-electron chi connectivity index (χ1n) is 5.53. The number of carbonyl (C=O) groups excluding carboxylic acids is 1. The van der Waals surface area contributed by atoms with Crippen molar-refractivity contribution in [2.24, 2.45) is 5.92 Å². The maximum atomic E-state index is 11.2. The van der Waals surface area contributed by atoms with E-state index in [2.05, 4.69) is 10.3 Å². The molecule has 88 valence electrons. The number of piperidine rings is 1. The summed E-state index contributed by atoms with van der Waals surface area (Å²) in [4.78, 5) is 15.0. The first-order chi connectivity index (χ1) is 8.29. The lowest BCUT2D eigenvalue weighted by molar-refractivity contribution is -0.123. The Kier molecular flexibility index (Phi) is 3.55. The Labute approximate surface area is 99.4 Å². The number of nitrogens with one attached hydrogen (secondary N) is 1. The number of ether oxygens (including phenoxy) is 1. The summed E-state index contributed by atoms with van der Waals surface area (Å²) in [7, 11) is 0. The van der Waals surface area contributed by atoms with Crippen LogP contribution < -0.4 is 10.1 Å². The van der Waals surface area contributed by atoms with E-state index >= 15 is 0 Å². The number of amides is 1. The van der Waals surface area contributed by atoms with Gasteiger partial charge in [0.1, 0.15) is 17.4 Å². The van der Waals surface area contributed by atoms with Crippen LogP contribution in [0.1, 0.15) is 18.4 Å². The molecule has 5 heteroatoms. The van der Waals surface area contributed by atoms with Crippen molar-refractivity contribution in [3.8, 4) is 11.8 Å². The van der Waals surface area contributed by atoms with Crippen LogP contribution in [-0.4, -0.2) is 24.0 Å². The fraction of sp³-hybridized carbons (Fsp3) is 0.417. The largest absolute Gasteiger partial charge is 0.492 e. The van der Waals surface area contributed by atoms with Crippen molar-refractivity contribution in [2.45, 2.75) is 12.8 Å². The van der Waals surface area contributed by atoms with Gasteiger partial charge in [-0.1, -0.05) is 0 Å². The molecule has 0 aromatic carbocycles. The zero-order chi connectivity index (χ0) is 12.1. The summed E-state index contributed by atoms with van der Waals surface area (Å²) >= 11 is 0. The molecule has 2 heterocycles. The second kappa shape index (κ2) is 5.30. The lowest BCUT2D eigenvalue weighted by Crippen LogP contribution is -2.35. The highest BCUT2D eigenvalue weighted by Gasteiger charge is 2.19. The van der Waals surface area contributed by atoms with Crippen LogP contribution in [0.3, 0.4) is 0 Å². The normalized spacial score (nSPS) is 19.2. The molecule has 1 aliphatic rings. The standard InChI is InChI=1S/C12H13N3O2/c13-6-10-7-14-3-2-11(10)17-8-9-1-4-15-12(16)5-9/h2-3,7,9H,1,4-5,8H2,(H,15,16). The Morgan fingerprint density at radius 3 is 3.29 bits per heavy atom. The highest BCUT2D eigenvalue weighted by atomic mass is 16.5. The third-order valence-electron chi connectivity index (χ3n) is 2.72. The Morgan fingerprint density at radius 1 is 1.65 bits per heavy atom. The van der Waals surface area contributed by atoms with Crippen LogP contribution in [0.4, 0.5) is 0 Å². The van der Waals surface area contributed by atoms with Crippen molar-refractivity contribution in [3.63, 3.8) is 0 Å². The number of nitrogens with zero attached hydrogens (tertiary/aromatic N) is 2. The second-order valence-electron chi connectivity index (χ2n) is 4.00. The summed E-state index contributed by atoms with van der Waals surface area (Å²) in [6, 6.07) is 3.69. The van der Waals surface area contributed by atoms with E-state index in [1.54, 1.807) is 12.3 Å². The number of carbonyl (C=O) groups is 1. The molecule has 1 aromatic heterocycles. The third-order valence-corrected chi connectivity index (χ3v) is 2.72. The molecule has 1 fully saturated rings. The lowest BCUT2D eigenvalue weighted by atomic mass is 9.99. The topological polar surface area (TPSA) is 75.0 Å². The third kappa shape index (κ3) is 2.94. The molecule has 1 N–H and O–H groups in total. The van der Waals surface area contributed by atoms with Gasteiger partial charge in [-0.3, -0.25) is 9.78 Å². The number of hydrogen-bond acceptors (Lipinski definition) is 4. The fourth-order valence-corrected chi connectivity index (χ4v) is 1.79. The van der Waals surface area contributed by atoms with Crippen LogP contribution in [-0.2, 0) is 4.79 Å². The van der Waals surface area contributed by atoms with Crippen molar-refractivity contribution in [1.82, 2.24) is 10.3 Å². The minimum absolute atomic E-state index is 0.0695. The molecule has 1 amide bonds. The van der Waals surface area contributed by atoms with Gasteiger partial charge in [0.05, 0.1) is 6.61 Å². The predicted octanol–water partition coefficient (Wildman–Crippen LogP) is 0.858. The summed E-state index contributed by atoms with van der Waals surface area (Å²) in [5.74, 6) is 0.831. The number of rotatable bonds is 3. The SMILES string of the molecule is N#Cc1cnccc1OCC1CCNC(=O)C1. The van der Waals surface area contributed by atoms with Crippen molar-refractivity contribution >= 4 is 5.91 Å². The molecule has 0 aliphatic carbocycles. The van der Waals surface area contributed by atoms with Gasteiger partial charge in [-0.15, -0.1) is 0 Å². The van der Waals surface area contributed by atoms with Crippen molar-refractivity contribution in [1.29, 1.82) is 5.26 Å². The summed E-state index contributed by atoms with van der Waals surface area (Å²) < 4.78 is 5.57. The van der Waals surface area contributed by atoms with Gasteiger partial charge in [0, 0.05) is 31.3 Å². The first kappa shape index (κ1) is 11.4. The van der Waals surface area contributed by atoms with Gasteiger partial charge in [0.15, 0.2) is 0 Å². The lowest BCUT2D eigenvalue weighted by Gasteiger charge is -2.22. The Balaban J connectivity index is 1.93.